The molecule has 4 rings (SSSR count). The maximum absolute atomic E-state index is 14.3. The minimum Gasteiger partial charge on any atom is -0.478 e. The lowest BCUT2D eigenvalue weighted by atomic mass is 9.82. The van der Waals surface area contributed by atoms with Crippen LogP contribution in [0.4, 0.5) is 26.3 Å². The van der Waals surface area contributed by atoms with Gasteiger partial charge in [0.25, 0.3) is 0 Å². The van der Waals surface area contributed by atoms with Crippen LogP contribution in [0.3, 0.4) is 0 Å². The number of halogens is 6. The Kier molecular flexibility index (Phi) is 11.5. The molecular weight excluding hydrogens is 718 g/mol. The minimum absolute atomic E-state index is 0.0159. The lowest BCUT2D eigenvalue weighted by Gasteiger charge is -2.31. The van der Waals surface area contributed by atoms with Crippen molar-refractivity contribution < 1.29 is 60.8 Å². The summed E-state index contributed by atoms with van der Waals surface area (Å²) in [7, 11) is 0. The molecule has 0 aromatic heterocycles. The number of aromatic carboxylic acids is 1. The van der Waals surface area contributed by atoms with Crippen LogP contribution in [0.25, 0.3) is 0 Å². The van der Waals surface area contributed by atoms with Gasteiger partial charge >= 0.3 is 18.3 Å². The first kappa shape index (κ1) is 41.6. The molecule has 0 aliphatic carbocycles. The van der Waals surface area contributed by atoms with E-state index in [1.807, 2.05) is 0 Å². The Balaban J connectivity index is 1.69. The molecule has 7 nitrogen and oxygen atoms in total. The third-order valence-corrected chi connectivity index (χ3v) is 9.76. The highest BCUT2D eigenvalue weighted by Crippen LogP contribution is 2.43. The molecule has 286 valence electrons. The molecule has 4 aromatic rings. The Hall–Kier alpha value is -5.14. The summed E-state index contributed by atoms with van der Waals surface area (Å²) in [5, 5.41) is 30.8. The fraction of sp³-hybridized carbons (Fsp3) is 0.317. The van der Waals surface area contributed by atoms with E-state index in [1.165, 1.54) is 56.3 Å². The summed E-state index contributed by atoms with van der Waals surface area (Å²) in [5.74, 6) is -3.09. The Labute approximate surface area is 307 Å². The molecule has 4 aromatic carbocycles. The highest BCUT2D eigenvalue weighted by molar-refractivity contribution is 6.12. The minimum atomic E-state index is -5.20. The number of aliphatic hydroxyl groups is 2. The number of benzene rings is 4. The van der Waals surface area contributed by atoms with Gasteiger partial charge in [-0.15, -0.1) is 0 Å². The Morgan fingerprint density at radius 1 is 0.611 bits per heavy atom. The average Bonchev–Trinajstić information content (AvgIpc) is 3.08. The SMILES string of the molecule is CCC(=O)c1ccc(C(=O)c2ccc(C(=O)Cc3c(C)cc(Cc4cc(C)c(C)c(C(C)(O)C(F)(F)F)c4)cc3C(C)(O)C(F)(F)F)cc2)cc1C(=O)O. The molecule has 0 heterocycles. The Bertz CT molecular complexity index is 2140. The van der Waals surface area contributed by atoms with Crippen molar-refractivity contribution in [3.05, 3.63) is 139 Å². The van der Waals surface area contributed by atoms with Crippen LogP contribution in [0, 0.1) is 20.8 Å². The number of hydrogen-bond donors (Lipinski definition) is 3. The van der Waals surface area contributed by atoms with Crippen LogP contribution in [-0.2, 0) is 24.0 Å². The van der Waals surface area contributed by atoms with E-state index in [1.54, 1.807) is 19.9 Å². The van der Waals surface area contributed by atoms with Crippen molar-refractivity contribution in [3.63, 3.8) is 0 Å². The van der Waals surface area contributed by atoms with Crippen molar-refractivity contribution in [1.29, 1.82) is 0 Å². The first-order chi connectivity index (χ1) is 24.8. The van der Waals surface area contributed by atoms with E-state index in [-0.39, 0.29) is 68.5 Å². The third-order valence-electron chi connectivity index (χ3n) is 9.76. The van der Waals surface area contributed by atoms with E-state index in [9.17, 15) is 60.8 Å². The maximum Gasteiger partial charge on any atom is 0.421 e. The van der Waals surface area contributed by atoms with Gasteiger partial charge in [0.15, 0.2) is 28.6 Å². The van der Waals surface area contributed by atoms with Crippen LogP contribution in [-0.4, -0.2) is 51.0 Å². The molecule has 0 fully saturated rings. The third kappa shape index (κ3) is 8.17. The molecule has 0 aliphatic heterocycles. The van der Waals surface area contributed by atoms with Gasteiger partial charge in [-0.2, -0.15) is 26.3 Å². The van der Waals surface area contributed by atoms with Crippen molar-refractivity contribution in [2.75, 3.05) is 0 Å². The summed E-state index contributed by atoms with van der Waals surface area (Å²) in [4.78, 5) is 50.6. The number of ketones is 3. The van der Waals surface area contributed by atoms with Crippen LogP contribution in [0.5, 0.6) is 0 Å². The van der Waals surface area contributed by atoms with Gasteiger partial charge in [0, 0.05) is 35.1 Å². The number of carboxylic acids is 1. The second kappa shape index (κ2) is 14.9. The second-order valence-corrected chi connectivity index (χ2v) is 13.7. The van der Waals surface area contributed by atoms with Crippen LogP contribution in [0.2, 0.25) is 0 Å². The number of hydrogen-bond acceptors (Lipinski definition) is 6. The van der Waals surface area contributed by atoms with E-state index in [0.29, 0.717) is 19.4 Å². The van der Waals surface area contributed by atoms with E-state index in [0.717, 1.165) is 18.2 Å². The zero-order chi connectivity index (χ0) is 40.7. The van der Waals surface area contributed by atoms with Crippen LogP contribution >= 0.6 is 0 Å². The van der Waals surface area contributed by atoms with Crippen molar-refractivity contribution in [1.82, 2.24) is 0 Å². The van der Waals surface area contributed by atoms with Gasteiger partial charge in [-0.25, -0.2) is 4.79 Å². The lowest BCUT2D eigenvalue weighted by molar-refractivity contribution is -0.259. The fourth-order valence-corrected chi connectivity index (χ4v) is 6.28. The molecule has 0 saturated carbocycles. The Morgan fingerprint density at radius 2 is 1.09 bits per heavy atom. The topological polar surface area (TPSA) is 129 Å². The van der Waals surface area contributed by atoms with E-state index < -0.39 is 64.4 Å². The molecule has 3 N–H and O–H groups in total. The molecule has 2 atom stereocenters. The molecule has 0 radical (unpaired) electrons. The summed E-state index contributed by atoms with van der Waals surface area (Å²) in [6.07, 6.45) is -10.9. The molecule has 0 saturated heterocycles. The first-order valence-corrected chi connectivity index (χ1v) is 16.7. The molecule has 54 heavy (non-hydrogen) atoms. The summed E-state index contributed by atoms with van der Waals surface area (Å²) in [5.41, 5.74) is -6.92. The largest absolute Gasteiger partial charge is 0.478 e. The van der Waals surface area contributed by atoms with Crippen molar-refractivity contribution in [2.24, 2.45) is 0 Å². The average molecular weight is 757 g/mol. The zero-order valence-electron chi connectivity index (χ0n) is 30.2. The molecule has 2 unspecified atom stereocenters. The summed E-state index contributed by atoms with van der Waals surface area (Å²) in [6.45, 7) is 7.12. The predicted octanol–water partition coefficient (Wildman–Crippen LogP) is 8.69. The molecular formula is C41H38F6O7. The number of Topliss-reactive ketones (excluding diaryl/α,β-unsaturated/α-hetero) is 2. The standard InChI is InChI=1S/C41H38F6O7/c1-7-34(48)29-13-12-28(19-31(29)37(51)52)36(50)27-10-8-26(9-11-27)35(49)20-30-22(3)15-25(18-33(30)39(6,54)41(45,46)47)16-24-14-21(2)23(4)32(17-24)38(5,53)40(42,43)44/h8-15,17-19,53-54H,7,16,20H2,1-6H3,(H,51,52). The Morgan fingerprint density at radius 3 is 1.61 bits per heavy atom. The second-order valence-electron chi connectivity index (χ2n) is 13.7. The quantitative estimate of drug-likeness (QED) is 0.0975. The number of alkyl halides is 6. The van der Waals surface area contributed by atoms with Gasteiger partial charge in [-0.05, 0) is 97.7 Å². The van der Waals surface area contributed by atoms with Crippen LogP contribution < -0.4 is 0 Å². The summed E-state index contributed by atoms with van der Waals surface area (Å²) in [6, 6.07) is 14.0. The fourth-order valence-electron chi connectivity index (χ4n) is 6.28. The van der Waals surface area contributed by atoms with Gasteiger partial charge < -0.3 is 15.3 Å². The highest BCUT2D eigenvalue weighted by atomic mass is 19.4. The van der Waals surface area contributed by atoms with E-state index in [2.05, 4.69) is 0 Å². The van der Waals surface area contributed by atoms with E-state index in [4.69, 9.17) is 0 Å². The molecule has 0 spiro atoms. The van der Waals surface area contributed by atoms with Gasteiger partial charge in [0.05, 0.1) is 5.56 Å². The molecule has 0 bridgehead atoms. The summed E-state index contributed by atoms with van der Waals surface area (Å²) < 4.78 is 84.2. The number of aryl methyl sites for hydroxylation is 2. The predicted molar refractivity (Wildman–Crippen MR) is 187 cm³/mol. The van der Waals surface area contributed by atoms with Crippen LogP contribution in [0.1, 0.15) is 119 Å². The summed E-state index contributed by atoms with van der Waals surface area (Å²) >= 11 is 0. The van der Waals surface area contributed by atoms with Crippen LogP contribution in [0.15, 0.2) is 66.7 Å². The number of carboxylic acid groups (broad SMARTS) is 1. The lowest BCUT2D eigenvalue weighted by Crippen LogP contribution is -2.40. The highest BCUT2D eigenvalue weighted by Gasteiger charge is 2.53. The van der Waals surface area contributed by atoms with Gasteiger partial charge in [-0.3, -0.25) is 14.4 Å². The monoisotopic (exact) mass is 756 g/mol. The number of rotatable bonds is 12. The van der Waals surface area contributed by atoms with E-state index >= 15 is 0 Å². The molecule has 13 heteroatoms. The van der Waals surface area contributed by atoms with Gasteiger partial charge in [-0.1, -0.05) is 61.5 Å². The van der Waals surface area contributed by atoms with Gasteiger partial charge in [0.2, 0.25) is 0 Å². The number of carbonyl (C=O) groups excluding carboxylic acids is 3. The smallest absolute Gasteiger partial charge is 0.421 e. The molecule has 0 amide bonds. The normalized spacial score (nSPS) is 14.3. The van der Waals surface area contributed by atoms with Crippen molar-refractivity contribution in [3.8, 4) is 0 Å². The number of carbonyl (C=O) groups is 4. The maximum atomic E-state index is 14.3. The molecule has 0 aliphatic rings. The zero-order valence-corrected chi connectivity index (χ0v) is 30.2. The van der Waals surface area contributed by atoms with Crippen molar-refractivity contribution in [2.45, 2.75) is 84.4 Å². The van der Waals surface area contributed by atoms with Crippen molar-refractivity contribution >= 4 is 23.3 Å². The van der Waals surface area contributed by atoms with Gasteiger partial charge in [0.1, 0.15) is 0 Å². The first-order valence-electron chi connectivity index (χ1n) is 16.7.